The maximum Gasteiger partial charge on any atom is 0.0551 e. The number of nitrogens with zero attached hydrogens (tertiary/aromatic N) is 2. The Morgan fingerprint density at radius 3 is 2.56 bits per heavy atom. The number of halogens is 2. The van der Waals surface area contributed by atoms with Crippen molar-refractivity contribution in [3.05, 3.63) is 33.3 Å². The van der Waals surface area contributed by atoms with Gasteiger partial charge in [-0.2, -0.15) is 0 Å². The maximum absolute atomic E-state index is 6.12. The van der Waals surface area contributed by atoms with Gasteiger partial charge in [0.25, 0.3) is 0 Å². The maximum atomic E-state index is 6.12. The molecule has 0 saturated carbocycles. The van der Waals surface area contributed by atoms with Gasteiger partial charge in [-0.1, -0.05) is 17.7 Å². The van der Waals surface area contributed by atoms with Gasteiger partial charge in [0, 0.05) is 17.1 Å². The highest BCUT2D eigenvalue weighted by molar-refractivity contribution is 9.10. The van der Waals surface area contributed by atoms with E-state index in [-0.39, 0.29) is 0 Å². The number of piperidine rings is 1. The first-order valence-electron chi connectivity index (χ1n) is 6.39. The van der Waals surface area contributed by atoms with Crippen LogP contribution in [0.1, 0.15) is 18.4 Å². The van der Waals surface area contributed by atoms with Crippen LogP contribution in [-0.2, 0) is 6.54 Å². The second kappa shape index (κ2) is 6.38. The van der Waals surface area contributed by atoms with E-state index in [9.17, 15) is 0 Å². The number of likely N-dealkylation sites (tertiary alicyclic amines) is 1. The molecule has 1 aromatic carbocycles. The molecule has 0 atom stereocenters. The van der Waals surface area contributed by atoms with Gasteiger partial charge in [0.15, 0.2) is 0 Å². The van der Waals surface area contributed by atoms with E-state index in [0.29, 0.717) is 0 Å². The summed E-state index contributed by atoms with van der Waals surface area (Å²) in [5.74, 6) is 0. The molecule has 0 unspecified atom stereocenters. The van der Waals surface area contributed by atoms with Crippen LogP contribution >= 0.6 is 27.5 Å². The second-order valence-electron chi connectivity index (χ2n) is 5.22. The molecule has 2 rings (SSSR count). The molecule has 0 bridgehead atoms. The number of benzene rings is 1. The Bertz CT molecular complexity index is 401. The van der Waals surface area contributed by atoms with Crippen molar-refractivity contribution in [1.29, 1.82) is 0 Å². The van der Waals surface area contributed by atoms with Crippen LogP contribution in [0.3, 0.4) is 0 Å². The first-order valence-corrected chi connectivity index (χ1v) is 7.56. The summed E-state index contributed by atoms with van der Waals surface area (Å²) in [6.07, 6.45) is 2.52. The van der Waals surface area contributed by atoms with Crippen molar-refractivity contribution in [2.75, 3.05) is 27.2 Å². The summed E-state index contributed by atoms with van der Waals surface area (Å²) in [5, 5.41) is 0.802. The van der Waals surface area contributed by atoms with Crippen molar-refractivity contribution in [3.8, 4) is 0 Å². The Labute approximate surface area is 123 Å². The number of hydrogen-bond donors (Lipinski definition) is 0. The van der Waals surface area contributed by atoms with Crippen molar-refractivity contribution in [2.45, 2.75) is 25.4 Å². The average Bonchev–Trinajstić information content (AvgIpc) is 2.34. The third-order valence-corrected chi connectivity index (χ3v) is 4.91. The summed E-state index contributed by atoms with van der Waals surface area (Å²) in [6.45, 7) is 3.36. The molecule has 1 aromatic rings. The Morgan fingerprint density at radius 1 is 1.33 bits per heavy atom. The van der Waals surface area contributed by atoms with Crippen molar-refractivity contribution < 1.29 is 0 Å². The molecule has 0 radical (unpaired) electrons. The molecular weight excluding hydrogens is 312 g/mol. The fraction of sp³-hybridized carbons (Fsp3) is 0.571. The van der Waals surface area contributed by atoms with Gasteiger partial charge in [-0.05, 0) is 73.7 Å². The van der Waals surface area contributed by atoms with E-state index in [2.05, 4.69) is 52.0 Å². The topological polar surface area (TPSA) is 6.48 Å². The van der Waals surface area contributed by atoms with Crippen LogP contribution in [0.4, 0.5) is 0 Å². The van der Waals surface area contributed by atoms with Gasteiger partial charge in [0.1, 0.15) is 0 Å². The van der Waals surface area contributed by atoms with Crippen LogP contribution in [0.5, 0.6) is 0 Å². The Balaban J connectivity index is 1.89. The Hall–Kier alpha value is -0.0900. The minimum absolute atomic E-state index is 0.745. The standard InChI is InChI=1S/C14H20BrClN2/c1-17(2)12-5-7-18(8-6-12)10-11-3-4-13(15)14(16)9-11/h3-4,9,12H,5-8,10H2,1-2H3. The third-order valence-electron chi connectivity index (χ3n) is 3.68. The van der Waals surface area contributed by atoms with Gasteiger partial charge >= 0.3 is 0 Å². The third kappa shape index (κ3) is 3.70. The first-order chi connectivity index (χ1) is 8.56. The minimum Gasteiger partial charge on any atom is -0.306 e. The summed E-state index contributed by atoms with van der Waals surface area (Å²) < 4.78 is 0.972. The molecule has 0 aliphatic carbocycles. The smallest absolute Gasteiger partial charge is 0.0551 e. The number of hydrogen-bond acceptors (Lipinski definition) is 2. The van der Waals surface area contributed by atoms with Gasteiger partial charge in [-0.15, -0.1) is 0 Å². The average molecular weight is 332 g/mol. The highest BCUT2D eigenvalue weighted by Gasteiger charge is 2.20. The van der Waals surface area contributed by atoms with Crippen molar-refractivity contribution in [3.63, 3.8) is 0 Å². The summed E-state index contributed by atoms with van der Waals surface area (Å²) in [4.78, 5) is 4.85. The van der Waals surface area contributed by atoms with E-state index in [1.807, 2.05) is 6.07 Å². The molecule has 0 amide bonds. The fourth-order valence-electron chi connectivity index (χ4n) is 2.49. The zero-order valence-corrected chi connectivity index (χ0v) is 13.3. The SMILES string of the molecule is CN(C)C1CCN(Cc2ccc(Br)c(Cl)c2)CC1. The lowest BCUT2D eigenvalue weighted by atomic mass is 10.0. The van der Waals surface area contributed by atoms with Crippen LogP contribution in [0.25, 0.3) is 0 Å². The highest BCUT2D eigenvalue weighted by Crippen LogP contribution is 2.24. The van der Waals surface area contributed by atoms with Crippen molar-refractivity contribution in [1.82, 2.24) is 9.80 Å². The predicted octanol–water partition coefficient (Wildman–Crippen LogP) is 3.63. The Kier molecular flexibility index (Phi) is 5.07. The van der Waals surface area contributed by atoms with Crippen LogP contribution in [0.15, 0.2) is 22.7 Å². The monoisotopic (exact) mass is 330 g/mol. The van der Waals surface area contributed by atoms with E-state index in [0.717, 1.165) is 22.1 Å². The van der Waals surface area contributed by atoms with Crippen LogP contribution in [0, 0.1) is 0 Å². The molecule has 0 aromatic heterocycles. The van der Waals surface area contributed by atoms with E-state index < -0.39 is 0 Å². The van der Waals surface area contributed by atoms with Gasteiger partial charge in [0.2, 0.25) is 0 Å². The molecule has 1 saturated heterocycles. The molecule has 4 heteroatoms. The molecule has 1 aliphatic rings. The molecule has 0 N–H and O–H groups in total. The van der Waals surface area contributed by atoms with Crippen molar-refractivity contribution >= 4 is 27.5 Å². The largest absolute Gasteiger partial charge is 0.306 e. The minimum atomic E-state index is 0.745. The number of rotatable bonds is 3. The predicted molar refractivity (Wildman–Crippen MR) is 81.1 cm³/mol. The summed E-state index contributed by atoms with van der Waals surface area (Å²) in [6, 6.07) is 6.98. The molecule has 2 nitrogen and oxygen atoms in total. The van der Waals surface area contributed by atoms with Gasteiger partial charge in [-0.3, -0.25) is 4.90 Å². The molecular formula is C14H20BrClN2. The normalized spacial score (nSPS) is 18.5. The molecule has 1 aliphatic heterocycles. The van der Waals surface area contributed by atoms with Gasteiger partial charge in [-0.25, -0.2) is 0 Å². The zero-order valence-electron chi connectivity index (χ0n) is 11.0. The lowest BCUT2D eigenvalue weighted by Gasteiger charge is -2.35. The Morgan fingerprint density at radius 2 is 2.00 bits per heavy atom. The molecule has 1 fully saturated rings. The molecule has 18 heavy (non-hydrogen) atoms. The summed E-state index contributed by atoms with van der Waals surface area (Å²) >= 11 is 9.55. The van der Waals surface area contributed by atoms with Gasteiger partial charge in [0.05, 0.1) is 5.02 Å². The van der Waals surface area contributed by atoms with Gasteiger partial charge < -0.3 is 4.90 Å². The van der Waals surface area contributed by atoms with Crippen LogP contribution in [0.2, 0.25) is 5.02 Å². The van der Waals surface area contributed by atoms with Crippen molar-refractivity contribution in [2.24, 2.45) is 0 Å². The van der Waals surface area contributed by atoms with E-state index in [4.69, 9.17) is 11.6 Å². The molecule has 1 heterocycles. The van der Waals surface area contributed by atoms with E-state index in [1.165, 1.54) is 31.5 Å². The molecule has 0 spiro atoms. The van der Waals surface area contributed by atoms with Crippen LogP contribution < -0.4 is 0 Å². The summed E-state index contributed by atoms with van der Waals surface area (Å²) in [5.41, 5.74) is 1.30. The second-order valence-corrected chi connectivity index (χ2v) is 6.48. The highest BCUT2D eigenvalue weighted by atomic mass is 79.9. The summed E-state index contributed by atoms with van der Waals surface area (Å²) in [7, 11) is 4.35. The molecule has 100 valence electrons. The van der Waals surface area contributed by atoms with Crippen LogP contribution in [-0.4, -0.2) is 43.0 Å². The lowest BCUT2D eigenvalue weighted by molar-refractivity contribution is 0.140. The fourth-order valence-corrected chi connectivity index (χ4v) is 2.94. The lowest BCUT2D eigenvalue weighted by Crippen LogP contribution is -2.41. The zero-order chi connectivity index (χ0) is 13.1. The first kappa shape index (κ1) is 14.3. The quantitative estimate of drug-likeness (QED) is 0.834. The van der Waals surface area contributed by atoms with E-state index in [1.54, 1.807) is 0 Å². The van der Waals surface area contributed by atoms with E-state index >= 15 is 0 Å².